The standard InChI is InChI=1S/C67H45N3/c1-2-22-44(23-3-1)65-56(52-31-14-20-40-63(52)69-59-36-16-10-27-48(59)49-28-11-17-37-60(49)69)42-43-58(47-26-6-9-34-55(47)66-53-32-7-4-24-45(53)46-25-5-8-33-54(46)66)68-67(65)57-35-15-21-41-64(57)70-61-38-18-12-29-50(61)51-30-13-19-39-62(51)70/h1-41,43,66H,42H2. The summed E-state index contributed by atoms with van der Waals surface area (Å²) in [6.07, 6.45) is 3.05. The number of aliphatic imine (C=N–C) groups is 1. The Hall–Kier alpha value is -9.05. The molecule has 1 aliphatic heterocycles. The number of hydrogen-bond donors (Lipinski definition) is 0. The van der Waals surface area contributed by atoms with Crippen LogP contribution in [0, 0.1) is 0 Å². The highest BCUT2D eigenvalue weighted by atomic mass is 15.0. The van der Waals surface area contributed by atoms with E-state index in [-0.39, 0.29) is 5.92 Å². The third-order valence-electron chi connectivity index (χ3n) is 14.7. The fourth-order valence-electron chi connectivity index (χ4n) is 11.8. The lowest BCUT2D eigenvalue weighted by molar-refractivity contribution is 1.01. The van der Waals surface area contributed by atoms with Crippen LogP contribution in [0.4, 0.5) is 0 Å². The van der Waals surface area contributed by atoms with E-state index in [0.717, 1.165) is 56.1 Å². The second-order valence-electron chi connectivity index (χ2n) is 18.4. The van der Waals surface area contributed by atoms with Crippen molar-refractivity contribution >= 4 is 66.2 Å². The van der Waals surface area contributed by atoms with Gasteiger partial charge in [-0.25, -0.2) is 4.99 Å². The van der Waals surface area contributed by atoms with Crippen LogP contribution in [-0.4, -0.2) is 14.8 Å². The van der Waals surface area contributed by atoms with Crippen LogP contribution in [0.2, 0.25) is 0 Å². The van der Waals surface area contributed by atoms with E-state index >= 15 is 0 Å². The number of allylic oxidation sites excluding steroid dienone is 3. The van der Waals surface area contributed by atoms with Crippen molar-refractivity contribution in [3.63, 3.8) is 0 Å². The molecule has 1 aliphatic carbocycles. The van der Waals surface area contributed by atoms with Crippen LogP contribution in [-0.2, 0) is 0 Å². The molecule has 3 heteroatoms. The predicted molar refractivity (Wildman–Crippen MR) is 293 cm³/mol. The van der Waals surface area contributed by atoms with Crippen molar-refractivity contribution in [1.29, 1.82) is 0 Å². The van der Waals surface area contributed by atoms with E-state index in [1.807, 2.05) is 0 Å². The van der Waals surface area contributed by atoms with Crippen LogP contribution in [0.25, 0.3) is 83.0 Å². The molecule has 2 aliphatic rings. The summed E-state index contributed by atoms with van der Waals surface area (Å²) >= 11 is 0. The SMILES string of the molecule is C1=C(c2ccccc2C2c3ccccc3-c3ccccc32)N=C(c2ccccc2-n2c3ccccc3c3ccccc32)C(c2ccccc2)=C(c2ccccc2-n2c3ccccc3c3ccccc32)C1. The van der Waals surface area contributed by atoms with E-state index < -0.39 is 0 Å². The van der Waals surface area contributed by atoms with Gasteiger partial charge < -0.3 is 9.13 Å². The molecule has 0 bridgehead atoms. The zero-order chi connectivity index (χ0) is 46.1. The second-order valence-corrected chi connectivity index (χ2v) is 18.4. The van der Waals surface area contributed by atoms with Crippen molar-refractivity contribution in [2.75, 3.05) is 0 Å². The van der Waals surface area contributed by atoms with Gasteiger partial charge in [-0.15, -0.1) is 0 Å². The van der Waals surface area contributed by atoms with E-state index in [0.29, 0.717) is 6.42 Å². The van der Waals surface area contributed by atoms with Crippen LogP contribution < -0.4 is 0 Å². The van der Waals surface area contributed by atoms with Gasteiger partial charge in [0.2, 0.25) is 0 Å². The fraction of sp³-hybridized carbons (Fsp3) is 0.0299. The number of nitrogens with zero attached hydrogens (tertiary/aromatic N) is 3. The molecule has 0 radical (unpaired) electrons. The smallest absolute Gasteiger partial charge is 0.0811 e. The Kier molecular flexibility index (Phi) is 9.34. The lowest BCUT2D eigenvalue weighted by Crippen LogP contribution is -2.12. The first-order valence-corrected chi connectivity index (χ1v) is 24.3. The maximum atomic E-state index is 6.12. The van der Waals surface area contributed by atoms with Crippen LogP contribution in [0.15, 0.2) is 260 Å². The zero-order valence-electron chi connectivity index (χ0n) is 38.4. The van der Waals surface area contributed by atoms with Crippen molar-refractivity contribution < 1.29 is 0 Å². The lowest BCUT2D eigenvalue weighted by Gasteiger charge is -2.22. The predicted octanol–water partition coefficient (Wildman–Crippen LogP) is 16.9. The largest absolute Gasteiger partial charge is 0.309 e. The third kappa shape index (κ3) is 6.18. The molecule has 0 unspecified atom stereocenters. The Morgan fingerprint density at radius 3 is 1.21 bits per heavy atom. The van der Waals surface area contributed by atoms with Gasteiger partial charge in [0, 0.05) is 49.7 Å². The number of aromatic nitrogens is 2. The van der Waals surface area contributed by atoms with Crippen molar-refractivity contribution in [2.24, 2.45) is 4.99 Å². The summed E-state index contributed by atoms with van der Waals surface area (Å²) in [7, 11) is 0. The molecule has 328 valence electrons. The molecule has 0 amide bonds. The van der Waals surface area contributed by atoms with E-state index in [1.54, 1.807) is 0 Å². The first-order valence-electron chi connectivity index (χ1n) is 24.3. The molecule has 0 fully saturated rings. The van der Waals surface area contributed by atoms with Crippen LogP contribution >= 0.6 is 0 Å². The second kappa shape index (κ2) is 16.3. The maximum Gasteiger partial charge on any atom is 0.0811 e. The first-order chi connectivity index (χ1) is 34.8. The molecule has 0 saturated carbocycles. The van der Waals surface area contributed by atoms with Gasteiger partial charge in [-0.3, -0.25) is 0 Å². The minimum Gasteiger partial charge on any atom is -0.309 e. The minimum atomic E-state index is 0.0494. The number of benzene rings is 10. The fourth-order valence-corrected chi connectivity index (χ4v) is 11.8. The molecule has 0 N–H and O–H groups in total. The quantitative estimate of drug-likeness (QED) is 0.152. The Bertz CT molecular complexity index is 4000. The normalized spacial score (nSPS) is 13.7. The van der Waals surface area contributed by atoms with Gasteiger partial charge in [-0.05, 0) is 81.8 Å². The number of para-hydroxylation sites is 6. The highest BCUT2D eigenvalue weighted by Crippen LogP contribution is 2.50. The van der Waals surface area contributed by atoms with Gasteiger partial charge in [-0.1, -0.05) is 218 Å². The molecule has 12 aromatic rings. The molecular weight excluding hydrogens is 847 g/mol. The summed E-state index contributed by atoms with van der Waals surface area (Å²) < 4.78 is 4.92. The molecule has 0 spiro atoms. The first kappa shape index (κ1) is 40.1. The van der Waals surface area contributed by atoms with E-state index in [1.165, 1.54) is 71.5 Å². The molecule has 0 saturated heterocycles. The van der Waals surface area contributed by atoms with Gasteiger partial charge in [0.15, 0.2) is 0 Å². The summed E-state index contributed by atoms with van der Waals surface area (Å²) in [6.45, 7) is 0. The van der Waals surface area contributed by atoms with Gasteiger partial charge in [0.05, 0.1) is 44.9 Å². The third-order valence-corrected chi connectivity index (χ3v) is 14.7. The summed E-state index contributed by atoms with van der Waals surface area (Å²) in [5.74, 6) is 0.0494. The average Bonchev–Trinajstić information content (AvgIpc) is 4.01. The number of fused-ring (bicyclic) bond motifs is 9. The van der Waals surface area contributed by atoms with Crippen molar-refractivity contribution in [2.45, 2.75) is 12.3 Å². The van der Waals surface area contributed by atoms with Gasteiger partial charge in [-0.2, -0.15) is 0 Å². The van der Waals surface area contributed by atoms with Crippen molar-refractivity contribution in [1.82, 2.24) is 9.13 Å². The van der Waals surface area contributed by atoms with E-state index in [9.17, 15) is 0 Å². The molecule has 14 rings (SSSR count). The van der Waals surface area contributed by atoms with Crippen LogP contribution in [0.5, 0.6) is 0 Å². The summed E-state index contributed by atoms with van der Waals surface area (Å²) in [5, 5.41) is 4.92. The van der Waals surface area contributed by atoms with Crippen molar-refractivity contribution in [3.8, 4) is 22.5 Å². The maximum absolute atomic E-state index is 6.12. The van der Waals surface area contributed by atoms with Crippen molar-refractivity contribution in [3.05, 3.63) is 294 Å². The molecule has 2 aromatic heterocycles. The zero-order valence-corrected chi connectivity index (χ0v) is 38.4. The average molecular weight is 892 g/mol. The van der Waals surface area contributed by atoms with Gasteiger partial charge in [0.25, 0.3) is 0 Å². The number of hydrogen-bond acceptors (Lipinski definition) is 1. The summed E-state index contributed by atoms with van der Waals surface area (Å²) in [6, 6.07) is 91.0. The van der Waals surface area contributed by atoms with E-state index in [2.05, 4.69) is 264 Å². The molecule has 0 atom stereocenters. The monoisotopic (exact) mass is 891 g/mol. The number of rotatable bonds is 7. The van der Waals surface area contributed by atoms with Crippen LogP contribution in [0.1, 0.15) is 51.3 Å². The Balaban J connectivity index is 1.08. The minimum absolute atomic E-state index is 0.0494. The van der Waals surface area contributed by atoms with Gasteiger partial charge >= 0.3 is 0 Å². The Morgan fingerprint density at radius 1 is 0.329 bits per heavy atom. The molecule has 10 aromatic carbocycles. The highest BCUT2D eigenvalue weighted by Gasteiger charge is 2.33. The molecular formula is C67H45N3. The van der Waals surface area contributed by atoms with Gasteiger partial charge in [0.1, 0.15) is 0 Å². The molecule has 3 heterocycles. The van der Waals surface area contributed by atoms with E-state index in [4.69, 9.17) is 4.99 Å². The molecule has 3 nitrogen and oxygen atoms in total. The Morgan fingerprint density at radius 2 is 0.700 bits per heavy atom. The Labute approximate surface area is 406 Å². The lowest BCUT2D eigenvalue weighted by atomic mass is 9.85. The van der Waals surface area contributed by atoms with Crippen LogP contribution in [0.3, 0.4) is 0 Å². The molecule has 70 heavy (non-hydrogen) atoms. The summed E-state index contributed by atoms with van der Waals surface area (Å²) in [5.41, 5.74) is 22.1. The topological polar surface area (TPSA) is 22.2 Å². The summed E-state index contributed by atoms with van der Waals surface area (Å²) in [4.78, 5) is 6.12. The highest BCUT2D eigenvalue weighted by molar-refractivity contribution is 6.39.